The molecule has 0 saturated carbocycles. The van der Waals surface area contributed by atoms with Gasteiger partial charge in [-0.05, 0) is 31.0 Å². The minimum Gasteiger partial charge on any atom is -0.331 e. The van der Waals surface area contributed by atoms with Crippen molar-refractivity contribution in [2.24, 2.45) is 0 Å². The summed E-state index contributed by atoms with van der Waals surface area (Å²) < 4.78 is 0. The van der Waals surface area contributed by atoms with Crippen LogP contribution in [0.1, 0.15) is 33.5 Å². The van der Waals surface area contributed by atoms with Gasteiger partial charge in [0.25, 0.3) is 5.78 Å². The number of benzene rings is 1. The zero-order chi connectivity index (χ0) is 20.5. The second-order valence-electron chi connectivity index (χ2n) is 7.62. The Kier molecular flexibility index (Phi) is 5.47. The molecule has 29 heavy (non-hydrogen) atoms. The number of piperazine rings is 1. The predicted octanol–water partition coefficient (Wildman–Crippen LogP) is 0.471. The first-order valence-electron chi connectivity index (χ1n) is 9.97. The summed E-state index contributed by atoms with van der Waals surface area (Å²) in [6, 6.07) is 5.69. The number of anilines is 1. The molecule has 2 aliphatic rings. The van der Waals surface area contributed by atoms with E-state index < -0.39 is 11.7 Å². The van der Waals surface area contributed by atoms with Crippen molar-refractivity contribution in [2.75, 3.05) is 37.7 Å². The van der Waals surface area contributed by atoms with Crippen LogP contribution in [0.3, 0.4) is 0 Å². The third kappa shape index (κ3) is 3.95. The molecule has 0 aliphatic carbocycles. The summed E-state index contributed by atoms with van der Waals surface area (Å²) in [7, 11) is 0. The average molecular weight is 414 g/mol. The second kappa shape index (κ2) is 8.04. The molecule has 2 aromatic rings. The Morgan fingerprint density at radius 1 is 1.24 bits per heavy atom. The SMILES string of the molecule is CCc1ccc2c(c1)C(=O)C(=O)N2C[NH+]1CCN(C(=O)Cc2nc(C)cs2)CC1. The zero-order valence-corrected chi connectivity index (χ0v) is 17.6. The van der Waals surface area contributed by atoms with Crippen molar-refractivity contribution in [1.29, 1.82) is 0 Å². The van der Waals surface area contributed by atoms with Crippen LogP contribution < -0.4 is 9.80 Å². The fourth-order valence-corrected chi connectivity index (χ4v) is 4.67. The van der Waals surface area contributed by atoms with Crippen LogP contribution in [0.2, 0.25) is 0 Å². The van der Waals surface area contributed by atoms with Gasteiger partial charge in [-0.3, -0.25) is 19.3 Å². The maximum absolute atomic E-state index is 12.5. The molecule has 1 saturated heterocycles. The van der Waals surface area contributed by atoms with E-state index >= 15 is 0 Å². The van der Waals surface area contributed by atoms with Crippen LogP contribution in [0.5, 0.6) is 0 Å². The highest BCUT2D eigenvalue weighted by Gasteiger charge is 2.38. The molecule has 0 radical (unpaired) electrons. The average Bonchev–Trinajstić information content (AvgIpc) is 3.24. The van der Waals surface area contributed by atoms with Gasteiger partial charge < -0.3 is 9.80 Å². The first-order chi connectivity index (χ1) is 14.0. The predicted molar refractivity (Wildman–Crippen MR) is 110 cm³/mol. The van der Waals surface area contributed by atoms with Crippen molar-refractivity contribution in [3.8, 4) is 0 Å². The van der Waals surface area contributed by atoms with Crippen molar-refractivity contribution < 1.29 is 19.3 Å². The Balaban J connectivity index is 1.36. The molecule has 0 spiro atoms. The Morgan fingerprint density at radius 2 is 2.00 bits per heavy atom. The maximum atomic E-state index is 12.5. The van der Waals surface area contributed by atoms with Crippen LogP contribution in [-0.4, -0.2) is 60.3 Å². The monoisotopic (exact) mass is 413 g/mol. The number of nitrogens with zero attached hydrogens (tertiary/aromatic N) is 3. The minimum atomic E-state index is -0.446. The lowest BCUT2D eigenvalue weighted by molar-refractivity contribution is -0.902. The minimum absolute atomic E-state index is 0.100. The molecule has 0 unspecified atom stereocenters. The zero-order valence-electron chi connectivity index (χ0n) is 16.7. The fourth-order valence-electron chi connectivity index (χ4n) is 3.90. The van der Waals surface area contributed by atoms with Crippen LogP contribution in [0.25, 0.3) is 0 Å². The Labute approximate surface area is 173 Å². The van der Waals surface area contributed by atoms with Crippen molar-refractivity contribution >= 4 is 34.6 Å². The number of ketones is 1. The number of carbonyl (C=O) groups excluding carboxylic acids is 3. The van der Waals surface area contributed by atoms with E-state index in [9.17, 15) is 14.4 Å². The summed E-state index contributed by atoms with van der Waals surface area (Å²) in [4.78, 5) is 46.4. The molecule has 2 amide bonds. The molecule has 8 heteroatoms. The first kappa shape index (κ1) is 19.7. The van der Waals surface area contributed by atoms with Gasteiger partial charge in [0.05, 0.1) is 43.9 Å². The van der Waals surface area contributed by atoms with E-state index in [0.717, 1.165) is 35.8 Å². The molecule has 152 valence electrons. The number of Topliss-reactive ketones (excluding diaryl/α,β-unsaturated/α-hetero) is 1. The molecule has 1 aromatic heterocycles. The largest absolute Gasteiger partial charge is 0.331 e. The third-order valence-corrected chi connectivity index (χ3v) is 6.58. The Hall–Kier alpha value is -2.58. The molecule has 4 rings (SSSR count). The summed E-state index contributed by atoms with van der Waals surface area (Å²) in [5, 5.41) is 2.81. The molecule has 1 aromatic carbocycles. The standard InChI is InChI=1S/C21H24N4O3S/c1-3-15-4-5-17-16(10-15)20(27)21(28)25(17)13-23-6-8-24(9-7-23)19(26)11-18-22-14(2)12-29-18/h4-5,10,12H,3,6-9,11,13H2,1-2H3/p+1. The van der Waals surface area contributed by atoms with E-state index in [4.69, 9.17) is 0 Å². The van der Waals surface area contributed by atoms with Crippen LogP contribution in [-0.2, 0) is 22.4 Å². The van der Waals surface area contributed by atoms with E-state index in [1.54, 1.807) is 4.90 Å². The number of aryl methyl sites for hydroxylation is 2. The quantitative estimate of drug-likeness (QED) is 0.724. The van der Waals surface area contributed by atoms with E-state index in [-0.39, 0.29) is 5.91 Å². The molecule has 3 heterocycles. The number of thiazole rings is 1. The number of hydrogen-bond acceptors (Lipinski definition) is 5. The van der Waals surface area contributed by atoms with Gasteiger partial charge in [-0.15, -0.1) is 11.3 Å². The third-order valence-electron chi connectivity index (χ3n) is 5.62. The summed E-state index contributed by atoms with van der Waals surface area (Å²) >= 11 is 1.52. The summed E-state index contributed by atoms with van der Waals surface area (Å²) in [5.74, 6) is -0.760. The number of fused-ring (bicyclic) bond motifs is 1. The van der Waals surface area contributed by atoms with Crippen molar-refractivity contribution in [1.82, 2.24) is 9.88 Å². The van der Waals surface area contributed by atoms with Gasteiger partial charge in [0.15, 0.2) is 6.67 Å². The van der Waals surface area contributed by atoms with Gasteiger partial charge in [0.2, 0.25) is 5.91 Å². The van der Waals surface area contributed by atoms with Gasteiger partial charge in [-0.1, -0.05) is 13.0 Å². The molecule has 1 fully saturated rings. The number of hydrogen-bond donors (Lipinski definition) is 1. The number of aromatic nitrogens is 1. The molecule has 2 aliphatic heterocycles. The summed E-state index contributed by atoms with van der Waals surface area (Å²) in [6.45, 7) is 7.22. The lowest BCUT2D eigenvalue weighted by atomic mass is 10.1. The van der Waals surface area contributed by atoms with Crippen LogP contribution in [0, 0.1) is 6.92 Å². The van der Waals surface area contributed by atoms with Crippen molar-refractivity contribution in [3.05, 3.63) is 45.4 Å². The topological polar surface area (TPSA) is 75.0 Å². The summed E-state index contributed by atoms with van der Waals surface area (Å²) in [5.41, 5.74) is 3.23. The fraction of sp³-hybridized carbons (Fsp3) is 0.429. The molecular formula is C21H25N4O3S+. The van der Waals surface area contributed by atoms with Gasteiger partial charge in [-0.25, -0.2) is 4.98 Å². The van der Waals surface area contributed by atoms with E-state index in [2.05, 4.69) is 4.98 Å². The number of carbonyl (C=O) groups is 3. The van der Waals surface area contributed by atoms with Gasteiger partial charge >= 0.3 is 5.91 Å². The van der Waals surface area contributed by atoms with Gasteiger partial charge in [0, 0.05) is 11.1 Å². The van der Waals surface area contributed by atoms with Gasteiger partial charge in [0.1, 0.15) is 5.01 Å². The van der Waals surface area contributed by atoms with Crippen LogP contribution in [0.15, 0.2) is 23.6 Å². The molecule has 0 bridgehead atoms. The highest BCUT2D eigenvalue weighted by Crippen LogP contribution is 2.29. The number of nitrogens with one attached hydrogen (secondary N) is 1. The number of rotatable bonds is 5. The highest BCUT2D eigenvalue weighted by molar-refractivity contribution is 7.09. The van der Waals surface area contributed by atoms with E-state index in [0.29, 0.717) is 37.4 Å². The lowest BCUT2D eigenvalue weighted by Gasteiger charge is -2.34. The highest BCUT2D eigenvalue weighted by atomic mass is 32.1. The Morgan fingerprint density at radius 3 is 2.66 bits per heavy atom. The van der Waals surface area contributed by atoms with E-state index in [1.165, 1.54) is 16.2 Å². The summed E-state index contributed by atoms with van der Waals surface area (Å²) in [6.07, 6.45) is 1.18. The first-order valence-corrected chi connectivity index (χ1v) is 10.9. The normalized spacial score (nSPS) is 17.2. The number of amides is 2. The van der Waals surface area contributed by atoms with Crippen molar-refractivity contribution in [3.63, 3.8) is 0 Å². The molecule has 0 atom stereocenters. The van der Waals surface area contributed by atoms with Crippen molar-refractivity contribution in [2.45, 2.75) is 26.7 Å². The molecule has 7 nitrogen and oxygen atoms in total. The second-order valence-corrected chi connectivity index (χ2v) is 8.56. The van der Waals surface area contributed by atoms with Gasteiger partial charge in [-0.2, -0.15) is 0 Å². The van der Waals surface area contributed by atoms with E-state index in [1.807, 2.05) is 42.3 Å². The van der Waals surface area contributed by atoms with Crippen LogP contribution >= 0.6 is 11.3 Å². The maximum Gasteiger partial charge on any atom is 0.303 e. The lowest BCUT2D eigenvalue weighted by Crippen LogP contribution is -3.16. The molecular weight excluding hydrogens is 388 g/mol. The van der Waals surface area contributed by atoms with Crippen LogP contribution in [0.4, 0.5) is 5.69 Å². The smallest absolute Gasteiger partial charge is 0.303 e. The molecule has 1 N–H and O–H groups in total. The Bertz CT molecular complexity index is 963. The number of quaternary nitrogens is 1.